The molecule has 1 aliphatic rings. The van der Waals surface area contributed by atoms with Gasteiger partial charge in [0.25, 0.3) is 0 Å². The molecule has 3 rings (SSSR count). The molecular weight excluding hydrogens is 324 g/mol. The number of rotatable bonds is 4. The van der Waals surface area contributed by atoms with Crippen molar-refractivity contribution in [2.45, 2.75) is 32.7 Å². The Morgan fingerprint density at radius 3 is 2.67 bits per heavy atom. The lowest BCUT2D eigenvalue weighted by Gasteiger charge is -2.36. The summed E-state index contributed by atoms with van der Waals surface area (Å²) < 4.78 is 15.5. The van der Waals surface area contributed by atoms with Gasteiger partial charge in [0.2, 0.25) is 0 Å². The Kier molecular flexibility index (Phi) is 5.03. The summed E-state index contributed by atoms with van der Waals surface area (Å²) in [6.45, 7) is 6.57. The molecular formula is C17H24N4O2S. The van der Waals surface area contributed by atoms with E-state index in [4.69, 9.17) is 26.8 Å². The number of benzene rings is 1. The molecule has 6 nitrogen and oxygen atoms in total. The molecule has 1 aliphatic heterocycles. The number of methoxy groups -OCH3 is 1. The first kappa shape index (κ1) is 17.1. The maximum Gasteiger partial charge on any atom is 0.199 e. The molecule has 130 valence electrons. The smallest absolute Gasteiger partial charge is 0.199 e. The Labute approximate surface area is 147 Å². The Bertz CT molecular complexity index is 753. The molecule has 2 atom stereocenters. The van der Waals surface area contributed by atoms with Gasteiger partial charge >= 0.3 is 0 Å². The van der Waals surface area contributed by atoms with E-state index in [-0.39, 0.29) is 6.10 Å². The van der Waals surface area contributed by atoms with E-state index in [2.05, 4.69) is 18.7 Å². The second-order valence-electron chi connectivity index (χ2n) is 6.30. The molecule has 0 spiro atoms. The molecule has 2 aromatic rings. The van der Waals surface area contributed by atoms with Gasteiger partial charge in [-0.15, -0.1) is 0 Å². The summed E-state index contributed by atoms with van der Waals surface area (Å²) in [7, 11) is 3.62. The molecule has 0 bridgehead atoms. The third kappa shape index (κ3) is 3.38. The predicted octanol–water partition coefficient (Wildman–Crippen LogP) is 2.69. The number of aromatic nitrogens is 3. The standard InChI is InChI=1S/C17H24N4O2S/c1-12-10-23-13(2)9-20(12)11-21-17(24)19(3)16(18-21)14-5-7-15(22-4)8-6-14/h5-8,12-13H,9-11H2,1-4H3. The van der Waals surface area contributed by atoms with Gasteiger partial charge in [0.05, 0.1) is 26.5 Å². The van der Waals surface area contributed by atoms with Gasteiger partial charge in [0.15, 0.2) is 10.6 Å². The van der Waals surface area contributed by atoms with Crippen molar-refractivity contribution in [1.82, 2.24) is 19.2 Å². The molecule has 0 radical (unpaired) electrons. The van der Waals surface area contributed by atoms with E-state index >= 15 is 0 Å². The molecule has 1 aromatic carbocycles. The summed E-state index contributed by atoms with van der Waals surface area (Å²) in [4.78, 5) is 2.36. The van der Waals surface area contributed by atoms with E-state index < -0.39 is 0 Å². The maximum atomic E-state index is 5.69. The summed E-state index contributed by atoms with van der Waals surface area (Å²) in [6, 6.07) is 8.22. The minimum absolute atomic E-state index is 0.236. The van der Waals surface area contributed by atoms with Crippen LogP contribution >= 0.6 is 12.2 Å². The van der Waals surface area contributed by atoms with Crippen molar-refractivity contribution >= 4 is 12.2 Å². The van der Waals surface area contributed by atoms with Crippen LogP contribution in [0.3, 0.4) is 0 Å². The van der Waals surface area contributed by atoms with E-state index in [0.717, 1.165) is 30.3 Å². The molecule has 1 fully saturated rings. The second kappa shape index (κ2) is 7.04. The van der Waals surface area contributed by atoms with E-state index in [1.165, 1.54) is 0 Å². The lowest BCUT2D eigenvalue weighted by atomic mass is 10.2. The summed E-state index contributed by atoms with van der Waals surface area (Å²) >= 11 is 5.58. The highest BCUT2D eigenvalue weighted by molar-refractivity contribution is 7.71. The average Bonchev–Trinajstić information content (AvgIpc) is 2.87. The molecule has 0 N–H and O–H groups in total. The third-order valence-corrected chi connectivity index (χ3v) is 4.93. The van der Waals surface area contributed by atoms with Gasteiger partial charge in [-0.1, -0.05) is 0 Å². The Morgan fingerprint density at radius 1 is 1.29 bits per heavy atom. The number of hydrogen-bond donors (Lipinski definition) is 0. The zero-order valence-corrected chi connectivity index (χ0v) is 15.4. The van der Waals surface area contributed by atoms with Crippen LogP contribution in [0.1, 0.15) is 13.8 Å². The van der Waals surface area contributed by atoms with Crippen LogP contribution in [0.15, 0.2) is 24.3 Å². The number of hydrogen-bond acceptors (Lipinski definition) is 5. The zero-order chi connectivity index (χ0) is 17.3. The Morgan fingerprint density at radius 2 is 2.00 bits per heavy atom. The van der Waals surface area contributed by atoms with Gasteiger partial charge < -0.3 is 14.0 Å². The van der Waals surface area contributed by atoms with Crippen LogP contribution in [0.4, 0.5) is 0 Å². The van der Waals surface area contributed by atoms with Gasteiger partial charge in [-0.2, -0.15) is 5.10 Å². The van der Waals surface area contributed by atoms with Crippen LogP contribution in [-0.4, -0.2) is 51.7 Å². The van der Waals surface area contributed by atoms with Crippen molar-refractivity contribution in [1.29, 1.82) is 0 Å². The molecule has 0 saturated carbocycles. The lowest BCUT2D eigenvalue weighted by Crippen LogP contribution is -2.47. The molecule has 7 heteroatoms. The van der Waals surface area contributed by atoms with Crippen LogP contribution in [0, 0.1) is 4.77 Å². The van der Waals surface area contributed by atoms with Crippen LogP contribution in [0.5, 0.6) is 5.75 Å². The van der Waals surface area contributed by atoms with Crippen molar-refractivity contribution in [2.24, 2.45) is 7.05 Å². The van der Waals surface area contributed by atoms with E-state index in [1.54, 1.807) is 7.11 Å². The topological polar surface area (TPSA) is 44.4 Å². The van der Waals surface area contributed by atoms with Gasteiger partial charge in [-0.05, 0) is 50.3 Å². The molecule has 1 aromatic heterocycles. The minimum atomic E-state index is 0.236. The van der Waals surface area contributed by atoms with Gasteiger partial charge in [0.1, 0.15) is 5.75 Å². The fourth-order valence-electron chi connectivity index (χ4n) is 2.91. The first-order chi connectivity index (χ1) is 11.5. The SMILES string of the molecule is COc1ccc(-c2nn(CN3CC(C)OCC3C)c(=S)n2C)cc1. The molecule has 2 unspecified atom stereocenters. The van der Waals surface area contributed by atoms with Gasteiger partial charge in [0, 0.05) is 25.2 Å². The minimum Gasteiger partial charge on any atom is -0.497 e. The number of nitrogens with zero attached hydrogens (tertiary/aromatic N) is 4. The second-order valence-corrected chi connectivity index (χ2v) is 6.66. The molecule has 1 saturated heterocycles. The maximum absolute atomic E-state index is 5.69. The van der Waals surface area contributed by atoms with Gasteiger partial charge in [-0.3, -0.25) is 4.90 Å². The Hall–Kier alpha value is -1.70. The predicted molar refractivity (Wildman–Crippen MR) is 95.6 cm³/mol. The summed E-state index contributed by atoms with van der Waals surface area (Å²) in [5.74, 6) is 1.69. The highest BCUT2D eigenvalue weighted by Crippen LogP contribution is 2.21. The van der Waals surface area contributed by atoms with Crippen LogP contribution in [0.25, 0.3) is 11.4 Å². The van der Waals surface area contributed by atoms with Crippen molar-refractivity contribution in [2.75, 3.05) is 20.3 Å². The normalized spacial score (nSPS) is 21.8. The molecule has 2 heterocycles. The van der Waals surface area contributed by atoms with Crippen LogP contribution < -0.4 is 4.74 Å². The number of morpholine rings is 1. The quantitative estimate of drug-likeness (QED) is 0.795. The fourth-order valence-corrected chi connectivity index (χ4v) is 3.10. The lowest BCUT2D eigenvalue weighted by molar-refractivity contribution is -0.0625. The largest absolute Gasteiger partial charge is 0.497 e. The first-order valence-electron chi connectivity index (χ1n) is 8.13. The van der Waals surface area contributed by atoms with E-state index in [1.807, 2.05) is 40.6 Å². The molecule has 0 amide bonds. The van der Waals surface area contributed by atoms with Crippen LogP contribution in [0.2, 0.25) is 0 Å². The zero-order valence-electron chi connectivity index (χ0n) is 14.6. The van der Waals surface area contributed by atoms with Crippen molar-refractivity contribution < 1.29 is 9.47 Å². The average molecular weight is 348 g/mol. The van der Waals surface area contributed by atoms with Gasteiger partial charge in [-0.25, -0.2) is 4.68 Å². The Balaban J connectivity index is 1.86. The summed E-state index contributed by atoms with van der Waals surface area (Å²) in [5.41, 5.74) is 1.02. The third-order valence-electron chi connectivity index (χ3n) is 4.44. The van der Waals surface area contributed by atoms with Crippen molar-refractivity contribution in [3.63, 3.8) is 0 Å². The highest BCUT2D eigenvalue weighted by Gasteiger charge is 2.24. The van der Waals surface area contributed by atoms with E-state index in [0.29, 0.717) is 17.5 Å². The highest BCUT2D eigenvalue weighted by atomic mass is 32.1. The monoisotopic (exact) mass is 348 g/mol. The summed E-state index contributed by atoms with van der Waals surface area (Å²) in [5, 5.41) is 4.74. The fraction of sp³-hybridized carbons (Fsp3) is 0.529. The molecule has 24 heavy (non-hydrogen) atoms. The van der Waals surface area contributed by atoms with Crippen molar-refractivity contribution in [3.8, 4) is 17.1 Å². The van der Waals surface area contributed by atoms with Crippen LogP contribution in [-0.2, 0) is 18.5 Å². The number of ether oxygens (including phenoxy) is 2. The van der Waals surface area contributed by atoms with Crippen molar-refractivity contribution in [3.05, 3.63) is 29.0 Å². The van der Waals surface area contributed by atoms with E-state index in [9.17, 15) is 0 Å². The molecule has 0 aliphatic carbocycles. The first-order valence-corrected chi connectivity index (χ1v) is 8.54. The summed E-state index contributed by atoms with van der Waals surface area (Å²) in [6.07, 6.45) is 0.236.